The minimum absolute atomic E-state index is 0.244. The van der Waals surface area contributed by atoms with Gasteiger partial charge in [0.2, 0.25) is 5.91 Å². The molecule has 2 aromatic carbocycles. The number of hydrogen-bond acceptors (Lipinski definition) is 3. The lowest BCUT2D eigenvalue weighted by Gasteiger charge is -2.38. The van der Waals surface area contributed by atoms with Crippen molar-refractivity contribution in [2.45, 2.75) is 6.42 Å². The number of piperazine rings is 1. The van der Waals surface area contributed by atoms with Crippen molar-refractivity contribution >= 4 is 17.6 Å². The first-order valence-corrected chi connectivity index (χ1v) is 9.96. The molecule has 30 heavy (non-hydrogen) atoms. The molecule has 0 bridgehead atoms. The quantitative estimate of drug-likeness (QED) is 0.559. The van der Waals surface area contributed by atoms with Crippen LogP contribution in [0, 0.1) is 17.6 Å². The number of rotatable bonds is 6. The van der Waals surface area contributed by atoms with E-state index < -0.39 is 11.8 Å². The van der Waals surface area contributed by atoms with Gasteiger partial charge in [0.25, 0.3) is 0 Å². The van der Waals surface area contributed by atoms with Gasteiger partial charge < -0.3 is 20.9 Å². The van der Waals surface area contributed by atoms with Crippen LogP contribution in [0.1, 0.15) is 5.56 Å². The van der Waals surface area contributed by atoms with Gasteiger partial charge in [0.1, 0.15) is 11.6 Å². The van der Waals surface area contributed by atoms with E-state index in [0.29, 0.717) is 18.9 Å². The number of halogens is 2. The SMILES string of the molecule is CN=C(NCC(Cc1ccc(F)cc1)C(N)=O)N1CCN(c2ccc(F)cc2)CC1. The van der Waals surface area contributed by atoms with Gasteiger partial charge in [-0.15, -0.1) is 0 Å². The number of amides is 1. The largest absolute Gasteiger partial charge is 0.369 e. The van der Waals surface area contributed by atoms with E-state index >= 15 is 0 Å². The lowest BCUT2D eigenvalue weighted by Crippen LogP contribution is -2.53. The molecule has 3 rings (SSSR count). The molecule has 6 nitrogen and oxygen atoms in total. The van der Waals surface area contributed by atoms with Crippen molar-refractivity contribution in [3.8, 4) is 0 Å². The van der Waals surface area contributed by atoms with Crippen molar-refractivity contribution in [2.75, 3.05) is 44.7 Å². The van der Waals surface area contributed by atoms with Crippen LogP contribution in [0.4, 0.5) is 14.5 Å². The number of primary amides is 1. The predicted octanol–water partition coefficient (Wildman–Crippen LogP) is 2.01. The summed E-state index contributed by atoms with van der Waals surface area (Å²) in [6.07, 6.45) is 0.429. The van der Waals surface area contributed by atoms with Crippen molar-refractivity contribution in [3.05, 3.63) is 65.7 Å². The van der Waals surface area contributed by atoms with E-state index in [2.05, 4.69) is 20.1 Å². The molecule has 160 valence electrons. The van der Waals surface area contributed by atoms with Crippen LogP contribution in [0.15, 0.2) is 53.5 Å². The number of carbonyl (C=O) groups is 1. The number of benzene rings is 2. The van der Waals surface area contributed by atoms with Crippen molar-refractivity contribution < 1.29 is 13.6 Å². The molecule has 0 saturated carbocycles. The fraction of sp³-hybridized carbons (Fsp3) is 0.364. The molecule has 1 unspecified atom stereocenters. The summed E-state index contributed by atoms with van der Waals surface area (Å²) in [5, 5.41) is 3.25. The van der Waals surface area contributed by atoms with Gasteiger partial charge in [0.15, 0.2) is 5.96 Å². The molecule has 0 spiro atoms. The zero-order valence-corrected chi connectivity index (χ0v) is 17.0. The molecule has 1 amide bonds. The fourth-order valence-electron chi connectivity index (χ4n) is 3.55. The first kappa shape index (κ1) is 21.5. The predicted molar refractivity (Wildman–Crippen MR) is 114 cm³/mol. The van der Waals surface area contributed by atoms with Gasteiger partial charge in [-0.25, -0.2) is 8.78 Å². The van der Waals surface area contributed by atoms with E-state index in [0.717, 1.165) is 37.4 Å². The van der Waals surface area contributed by atoms with Crippen LogP contribution >= 0.6 is 0 Å². The third-order valence-electron chi connectivity index (χ3n) is 5.29. The third-order valence-corrected chi connectivity index (χ3v) is 5.29. The summed E-state index contributed by atoms with van der Waals surface area (Å²) in [5.74, 6) is -0.699. The third kappa shape index (κ3) is 5.68. The van der Waals surface area contributed by atoms with Crippen LogP contribution in [0.3, 0.4) is 0 Å². The average Bonchev–Trinajstić information content (AvgIpc) is 2.75. The molecule has 1 aliphatic heterocycles. The van der Waals surface area contributed by atoms with Crippen LogP contribution in [-0.2, 0) is 11.2 Å². The zero-order valence-electron chi connectivity index (χ0n) is 17.0. The normalized spacial score (nSPS) is 15.8. The number of hydrogen-bond donors (Lipinski definition) is 2. The Morgan fingerprint density at radius 3 is 2.13 bits per heavy atom. The van der Waals surface area contributed by atoms with Crippen LogP contribution in [0.2, 0.25) is 0 Å². The molecule has 8 heteroatoms. The lowest BCUT2D eigenvalue weighted by atomic mass is 9.98. The number of aliphatic imine (C=N–C) groups is 1. The smallest absolute Gasteiger partial charge is 0.222 e. The maximum atomic E-state index is 13.1. The topological polar surface area (TPSA) is 74.0 Å². The Morgan fingerprint density at radius 2 is 1.60 bits per heavy atom. The summed E-state index contributed by atoms with van der Waals surface area (Å²) in [4.78, 5) is 20.5. The summed E-state index contributed by atoms with van der Waals surface area (Å²) in [5.41, 5.74) is 7.42. The van der Waals surface area contributed by atoms with E-state index in [-0.39, 0.29) is 11.6 Å². The molecule has 1 saturated heterocycles. The van der Waals surface area contributed by atoms with E-state index in [1.165, 1.54) is 24.3 Å². The van der Waals surface area contributed by atoms with E-state index in [9.17, 15) is 13.6 Å². The van der Waals surface area contributed by atoms with E-state index in [4.69, 9.17) is 5.73 Å². The molecule has 1 heterocycles. The monoisotopic (exact) mass is 415 g/mol. The molecule has 0 aromatic heterocycles. The summed E-state index contributed by atoms with van der Waals surface area (Å²) < 4.78 is 26.2. The van der Waals surface area contributed by atoms with Gasteiger partial charge >= 0.3 is 0 Å². The highest BCUT2D eigenvalue weighted by atomic mass is 19.1. The lowest BCUT2D eigenvalue weighted by molar-refractivity contribution is -0.121. The summed E-state index contributed by atoms with van der Waals surface area (Å²) in [7, 11) is 1.70. The Bertz CT molecular complexity index is 862. The number of carbonyl (C=O) groups excluding carboxylic acids is 1. The van der Waals surface area contributed by atoms with Crippen LogP contribution in [0.25, 0.3) is 0 Å². The van der Waals surface area contributed by atoms with Gasteiger partial charge in [0, 0.05) is 45.5 Å². The van der Waals surface area contributed by atoms with Crippen LogP contribution in [-0.4, -0.2) is 56.5 Å². The number of guanidine groups is 1. The molecule has 1 fully saturated rings. The Hall–Kier alpha value is -3.16. The molecule has 2 aromatic rings. The van der Waals surface area contributed by atoms with E-state index in [1.54, 1.807) is 31.3 Å². The maximum absolute atomic E-state index is 13.1. The number of anilines is 1. The summed E-state index contributed by atoms with van der Waals surface area (Å²) in [6.45, 7) is 3.40. The Morgan fingerprint density at radius 1 is 1.03 bits per heavy atom. The van der Waals surface area contributed by atoms with Crippen LogP contribution < -0.4 is 16.0 Å². The number of nitrogens with two attached hydrogens (primary N) is 1. The molecular weight excluding hydrogens is 388 g/mol. The average molecular weight is 415 g/mol. The molecule has 0 radical (unpaired) electrons. The van der Waals surface area contributed by atoms with Crippen molar-refractivity contribution in [3.63, 3.8) is 0 Å². The van der Waals surface area contributed by atoms with Crippen molar-refractivity contribution in [2.24, 2.45) is 16.6 Å². The molecule has 3 N–H and O–H groups in total. The van der Waals surface area contributed by atoms with Gasteiger partial charge in [-0.1, -0.05) is 12.1 Å². The first-order chi connectivity index (χ1) is 14.5. The van der Waals surface area contributed by atoms with Gasteiger partial charge in [-0.2, -0.15) is 0 Å². The molecule has 1 aliphatic rings. The van der Waals surface area contributed by atoms with Crippen LogP contribution in [0.5, 0.6) is 0 Å². The van der Waals surface area contributed by atoms with Gasteiger partial charge in [-0.3, -0.25) is 9.79 Å². The van der Waals surface area contributed by atoms with Crippen molar-refractivity contribution in [1.82, 2.24) is 10.2 Å². The zero-order chi connectivity index (χ0) is 21.5. The fourth-order valence-corrected chi connectivity index (χ4v) is 3.55. The van der Waals surface area contributed by atoms with E-state index in [1.807, 2.05) is 0 Å². The minimum Gasteiger partial charge on any atom is -0.369 e. The highest BCUT2D eigenvalue weighted by Crippen LogP contribution is 2.17. The Kier molecular flexibility index (Phi) is 7.21. The molecular formula is C22H27F2N5O. The highest BCUT2D eigenvalue weighted by Gasteiger charge is 2.22. The second-order valence-corrected chi connectivity index (χ2v) is 7.31. The minimum atomic E-state index is -0.437. The first-order valence-electron chi connectivity index (χ1n) is 9.96. The Balaban J connectivity index is 1.53. The highest BCUT2D eigenvalue weighted by molar-refractivity contribution is 5.82. The molecule has 1 atom stereocenters. The summed E-state index contributed by atoms with van der Waals surface area (Å²) >= 11 is 0. The van der Waals surface area contributed by atoms with Gasteiger partial charge in [0.05, 0.1) is 5.92 Å². The molecule has 0 aliphatic carbocycles. The number of nitrogens with one attached hydrogen (secondary N) is 1. The maximum Gasteiger partial charge on any atom is 0.222 e. The van der Waals surface area contributed by atoms with Gasteiger partial charge in [-0.05, 0) is 48.4 Å². The van der Waals surface area contributed by atoms with Crippen molar-refractivity contribution in [1.29, 1.82) is 0 Å². The second-order valence-electron chi connectivity index (χ2n) is 7.31. The summed E-state index contributed by atoms with van der Waals surface area (Å²) in [6, 6.07) is 12.6. The Labute approximate surface area is 175 Å². The number of nitrogens with zero attached hydrogens (tertiary/aromatic N) is 3. The second kappa shape index (κ2) is 10.0. The standard InChI is InChI=1S/C22H27F2N5O/c1-26-22(27-15-17(21(25)30)14-16-2-4-18(23)5-3-16)29-12-10-28(11-13-29)20-8-6-19(24)7-9-20/h2-9,17H,10-15H2,1H3,(H2,25,30)(H,26,27).